The van der Waals surface area contributed by atoms with Crippen molar-refractivity contribution in [3.05, 3.63) is 71.0 Å². The quantitative estimate of drug-likeness (QED) is 0.537. The van der Waals surface area contributed by atoms with Crippen LogP contribution in [0.2, 0.25) is 0 Å². The van der Waals surface area contributed by atoms with Crippen LogP contribution in [0.15, 0.2) is 59.8 Å². The molecule has 0 aliphatic carbocycles. The molecule has 0 saturated carbocycles. The van der Waals surface area contributed by atoms with Gasteiger partial charge in [0.05, 0.1) is 36.1 Å². The van der Waals surface area contributed by atoms with Gasteiger partial charge in [-0.3, -0.25) is 4.79 Å². The predicted octanol–water partition coefficient (Wildman–Crippen LogP) is 2.51. The first kappa shape index (κ1) is 17.9. The highest BCUT2D eigenvalue weighted by molar-refractivity contribution is 5.93. The zero-order valence-corrected chi connectivity index (χ0v) is 16.2. The molecule has 7 nitrogen and oxygen atoms in total. The molecule has 0 N–H and O–H groups in total. The molecule has 1 saturated heterocycles. The first-order valence-electron chi connectivity index (χ1n) is 10.0. The van der Waals surface area contributed by atoms with E-state index >= 15 is 0 Å². The maximum absolute atomic E-state index is 13.3. The first-order chi connectivity index (χ1) is 14.3. The highest BCUT2D eigenvalue weighted by Crippen LogP contribution is 2.24. The Balaban J connectivity index is 1.47. The molecule has 148 valence electrons. The van der Waals surface area contributed by atoms with Gasteiger partial charge in [0.2, 0.25) is 0 Å². The third-order valence-electron chi connectivity index (χ3n) is 5.42. The summed E-state index contributed by atoms with van der Waals surface area (Å²) < 4.78 is 9.13. The van der Waals surface area contributed by atoms with E-state index in [0.717, 1.165) is 53.9 Å². The van der Waals surface area contributed by atoms with Crippen LogP contribution in [0, 0.1) is 0 Å². The van der Waals surface area contributed by atoms with Gasteiger partial charge in [-0.2, -0.15) is 5.10 Å². The summed E-state index contributed by atoms with van der Waals surface area (Å²) in [4.78, 5) is 20.2. The van der Waals surface area contributed by atoms with E-state index in [0.29, 0.717) is 19.6 Å². The molecule has 1 fully saturated rings. The smallest absolute Gasteiger partial charge is 0.276 e. The summed E-state index contributed by atoms with van der Waals surface area (Å²) in [6.07, 6.45) is 7.38. The number of nitrogens with zero attached hydrogens (tertiary/aromatic N) is 5. The summed E-state index contributed by atoms with van der Waals surface area (Å²) in [5.74, 6) is 0. The number of aromatic nitrogens is 4. The molecule has 1 aliphatic heterocycles. The molecular weight excluding hydrogens is 366 g/mol. The van der Waals surface area contributed by atoms with Crippen molar-refractivity contribution in [2.75, 3.05) is 31.2 Å². The number of aryl methyl sites for hydroxylation is 2. The van der Waals surface area contributed by atoms with E-state index < -0.39 is 0 Å². The summed E-state index contributed by atoms with van der Waals surface area (Å²) in [6, 6.07) is 11.9. The Kier molecular flexibility index (Phi) is 4.73. The number of pyridine rings is 1. The maximum Gasteiger partial charge on any atom is 0.276 e. The zero-order chi connectivity index (χ0) is 19.6. The van der Waals surface area contributed by atoms with Crippen molar-refractivity contribution >= 4 is 22.1 Å². The van der Waals surface area contributed by atoms with E-state index in [1.807, 2.05) is 53.2 Å². The van der Waals surface area contributed by atoms with Crippen molar-refractivity contribution in [3.63, 3.8) is 0 Å². The van der Waals surface area contributed by atoms with Crippen molar-refractivity contribution in [2.24, 2.45) is 0 Å². The van der Waals surface area contributed by atoms with Gasteiger partial charge in [-0.15, -0.1) is 0 Å². The fourth-order valence-electron chi connectivity index (χ4n) is 3.95. The zero-order valence-electron chi connectivity index (χ0n) is 16.2. The Morgan fingerprint density at radius 3 is 2.97 bits per heavy atom. The van der Waals surface area contributed by atoms with E-state index in [4.69, 9.17) is 4.74 Å². The van der Waals surface area contributed by atoms with Crippen LogP contribution in [0.4, 0.5) is 5.69 Å². The largest absolute Gasteiger partial charge is 0.380 e. The Hall–Kier alpha value is -3.19. The second-order valence-electron chi connectivity index (χ2n) is 7.32. The fourth-order valence-corrected chi connectivity index (χ4v) is 3.95. The highest BCUT2D eigenvalue weighted by atomic mass is 16.5. The van der Waals surface area contributed by atoms with E-state index in [-0.39, 0.29) is 5.56 Å². The van der Waals surface area contributed by atoms with Gasteiger partial charge in [0.1, 0.15) is 5.65 Å². The molecule has 0 bridgehead atoms. The number of fused-ring (bicyclic) bond motifs is 2. The summed E-state index contributed by atoms with van der Waals surface area (Å²) in [7, 11) is 0. The SMILES string of the molecule is O=c1c2c(N3CCCOCC3)cccc2cnn1CCc1cn2ccccc2n1. The molecule has 7 heteroatoms. The van der Waals surface area contributed by atoms with E-state index in [1.54, 1.807) is 10.9 Å². The number of anilines is 1. The van der Waals surface area contributed by atoms with Gasteiger partial charge in [0, 0.05) is 43.9 Å². The molecule has 0 atom stereocenters. The third kappa shape index (κ3) is 3.49. The van der Waals surface area contributed by atoms with Crippen molar-refractivity contribution in [1.82, 2.24) is 19.2 Å². The summed E-state index contributed by atoms with van der Waals surface area (Å²) >= 11 is 0. The number of hydrogen-bond acceptors (Lipinski definition) is 5. The first-order valence-corrected chi connectivity index (χ1v) is 10.0. The molecule has 1 aliphatic rings. The van der Waals surface area contributed by atoms with Gasteiger partial charge in [0.15, 0.2) is 0 Å². The topological polar surface area (TPSA) is 64.7 Å². The average Bonchev–Trinajstić information content (AvgIpc) is 2.97. The van der Waals surface area contributed by atoms with Crippen LogP contribution in [0.25, 0.3) is 16.4 Å². The molecule has 3 aromatic heterocycles. The van der Waals surface area contributed by atoms with Crippen molar-refractivity contribution in [1.29, 1.82) is 0 Å². The van der Waals surface area contributed by atoms with Gasteiger partial charge in [-0.25, -0.2) is 9.67 Å². The molecule has 4 aromatic rings. The molecule has 4 heterocycles. The number of ether oxygens (including phenoxy) is 1. The predicted molar refractivity (Wildman–Crippen MR) is 113 cm³/mol. The lowest BCUT2D eigenvalue weighted by atomic mass is 10.1. The van der Waals surface area contributed by atoms with Crippen molar-refractivity contribution < 1.29 is 4.74 Å². The molecule has 1 aromatic carbocycles. The molecule has 0 spiro atoms. The molecule has 0 unspecified atom stereocenters. The standard InChI is InChI=1S/C22H23N5O2/c28-22-21-17(5-3-6-19(21)25-10-4-13-29-14-12-25)15-23-27(22)11-8-18-16-26-9-2-1-7-20(26)24-18/h1-3,5-7,9,15-16H,4,8,10-14H2. The minimum Gasteiger partial charge on any atom is -0.380 e. The van der Waals surface area contributed by atoms with Crippen LogP contribution in [-0.2, 0) is 17.7 Å². The average molecular weight is 389 g/mol. The van der Waals surface area contributed by atoms with Crippen LogP contribution in [-0.4, -0.2) is 45.5 Å². The Labute approximate surface area is 168 Å². The second kappa shape index (κ2) is 7.67. The maximum atomic E-state index is 13.3. The third-order valence-corrected chi connectivity index (χ3v) is 5.42. The van der Waals surface area contributed by atoms with Crippen molar-refractivity contribution in [3.8, 4) is 0 Å². The summed E-state index contributed by atoms with van der Waals surface area (Å²) in [5, 5.41) is 6.02. The van der Waals surface area contributed by atoms with Gasteiger partial charge in [-0.1, -0.05) is 18.2 Å². The molecule has 5 rings (SSSR count). The minimum atomic E-state index is -0.0490. The Morgan fingerprint density at radius 1 is 1.07 bits per heavy atom. The van der Waals surface area contributed by atoms with Crippen LogP contribution >= 0.6 is 0 Å². The fraction of sp³-hybridized carbons (Fsp3) is 0.318. The van der Waals surface area contributed by atoms with E-state index in [9.17, 15) is 4.79 Å². The Bertz CT molecular complexity index is 1170. The van der Waals surface area contributed by atoms with Crippen LogP contribution in [0.3, 0.4) is 0 Å². The van der Waals surface area contributed by atoms with E-state index in [2.05, 4.69) is 15.0 Å². The molecular formula is C22H23N5O2. The highest BCUT2D eigenvalue weighted by Gasteiger charge is 2.16. The molecule has 0 amide bonds. The second-order valence-corrected chi connectivity index (χ2v) is 7.32. The lowest BCUT2D eigenvalue weighted by Crippen LogP contribution is -2.29. The monoisotopic (exact) mass is 389 g/mol. The number of imidazole rings is 1. The van der Waals surface area contributed by atoms with Crippen molar-refractivity contribution in [2.45, 2.75) is 19.4 Å². The molecule has 29 heavy (non-hydrogen) atoms. The van der Waals surface area contributed by atoms with Gasteiger partial charge < -0.3 is 14.0 Å². The van der Waals surface area contributed by atoms with Gasteiger partial charge >= 0.3 is 0 Å². The Morgan fingerprint density at radius 2 is 2.03 bits per heavy atom. The van der Waals surface area contributed by atoms with Gasteiger partial charge in [-0.05, 0) is 24.6 Å². The van der Waals surface area contributed by atoms with Crippen LogP contribution in [0.1, 0.15) is 12.1 Å². The normalized spacial score (nSPS) is 15.1. The van der Waals surface area contributed by atoms with E-state index in [1.165, 1.54) is 0 Å². The number of hydrogen-bond donors (Lipinski definition) is 0. The summed E-state index contributed by atoms with van der Waals surface area (Å²) in [6.45, 7) is 3.63. The van der Waals surface area contributed by atoms with Crippen LogP contribution < -0.4 is 10.5 Å². The number of rotatable bonds is 4. The minimum absolute atomic E-state index is 0.0490. The van der Waals surface area contributed by atoms with Gasteiger partial charge in [0.25, 0.3) is 5.56 Å². The number of benzene rings is 1. The van der Waals surface area contributed by atoms with Crippen LogP contribution in [0.5, 0.6) is 0 Å². The molecule has 0 radical (unpaired) electrons. The summed E-state index contributed by atoms with van der Waals surface area (Å²) in [5.41, 5.74) is 2.78. The lowest BCUT2D eigenvalue weighted by molar-refractivity contribution is 0.152. The lowest BCUT2D eigenvalue weighted by Gasteiger charge is -2.23.